The summed E-state index contributed by atoms with van der Waals surface area (Å²) in [5, 5.41) is 0. The molecule has 1 heterocycles. The number of aromatic nitrogens is 1. The number of pyridine rings is 1. The van der Waals surface area contributed by atoms with Crippen LogP contribution in [0.5, 0.6) is 0 Å². The zero-order valence-corrected chi connectivity index (χ0v) is 11.5. The van der Waals surface area contributed by atoms with Crippen molar-refractivity contribution in [2.24, 2.45) is 0 Å². The third-order valence-electron chi connectivity index (χ3n) is 3.10. The van der Waals surface area contributed by atoms with Gasteiger partial charge in [-0.15, -0.1) is 0 Å². The molecule has 1 amide bonds. The largest absolute Gasteiger partial charge is 0.299 e. The molecule has 1 aromatic heterocycles. The van der Waals surface area contributed by atoms with E-state index in [9.17, 15) is 18.0 Å². The molecule has 0 atom stereocenters. The van der Waals surface area contributed by atoms with Gasteiger partial charge in [-0.3, -0.25) is 9.69 Å². The van der Waals surface area contributed by atoms with Gasteiger partial charge in [0.15, 0.2) is 11.6 Å². The van der Waals surface area contributed by atoms with Crippen molar-refractivity contribution < 1.29 is 18.0 Å². The zero-order valence-electron chi connectivity index (χ0n) is 11.5. The Morgan fingerprint density at radius 2 is 1.86 bits per heavy atom. The Hall–Kier alpha value is -2.37. The lowest BCUT2D eigenvalue weighted by atomic mass is 10.1. The highest BCUT2D eigenvalue weighted by Crippen LogP contribution is 2.18. The molecule has 21 heavy (non-hydrogen) atoms. The molecule has 110 valence electrons. The molecule has 0 bridgehead atoms. The van der Waals surface area contributed by atoms with Crippen molar-refractivity contribution in [1.82, 2.24) is 4.98 Å². The highest BCUT2D eigenvalue weighted by atomic mass is 19.2. The first-order valence-electron chi connectivity index (χ1n) is 6.21. The zero-order chi connectivity index (χ0) is 15.6. The number of nitrogens with zero attached hydrogens (tertiary/aromatic N) is 2. The van der Waals surface area contributed by atoms with Crippen molar-refractivity contribution in [2.45, 2.75) is 13.3 Å². The van der Waals surface area contributed by atoms with Crippen molar-refractivity contribution in [2.75, 3.05) is 11.9 Å². The molecule has 3 nitrogen and oxygen atoms in total. The van der Waals surface area contributed by atoms with E-state index in [2.05, 4.69) is 4.98 Å². The monoisotopic (exact) mass is 294 g/mol. The molecule has 6 heteroatoms. The highest BCUT2D eigenvalue weighted by molar-refractivity contribution is 5.93. The van der Waals surface area contributed by atoms with E-state index >= 15 is 0 Å². The number of aryl methyl sites for hydroxylation is 1. The van der Waals surface area contributed by atoms with Gasteiger partial charge < -0.3 is 0 Å². The van der Waals surface area contributed by atoms with Crippen LogP contribution in [-0.2, 0) is 11.2 Å². The van der Waals surface area contributed by atoms with Gasteiger partial charge in [-0.05, 0) is 24.6 Å². The van der Waals surface area contributed by atoms with Crippen LogP contribution in [0.15, 0.2) is 30.5 Å². The van der Waals surface area contributed by atoms with E-state index in [1.165, 1.54) is 18.1 Å². The lowest BCUT2D eigenvalue weighted by Crippen LogP contribution is -2.29. The number of halogens is 3. The van der Waals surface area contributed by atoms with Gasteiger partial charge in [-0.2, -0.15) is 0 Å². The van der Waals surface area contributed by atoms with Crippen molar-refractivity contribution in [3.63, 3.8) is 0 Å². The maximum Gasteiger partial charge on any atom is 0.232 e. The molecule has 1 aromatic carbocycles. The van der Waals surface area contributed by atoms with Gasteiger partial charge in [-0.1, -0.05) is 6.07 Å². The van der Waals surface area contributed by atoms with Crippen molar-refractivity contribution >= 4 is 11.7 Å². The number of benzene rings is 1. The Kier molecular flexibility index (Phi) is 4.26. The second kappa shape index (κ2) is 5.95. The smallest absolute Gasteiger partial charge is 0.232 e. The number of carbonyl (C=O) groups excluding carboxylic acids is 1. The lowest BCUT2D eigenvalue weighted by molar-refractivity contribution is -0.117. The van der Waals surface area contributed by atoms with E-state index in [1.54, 1.807) is 19.1 Å². The third kappa shape index (κ3) is 3.21. The van der Waals surface area contributed by atoms with Crippen LogP contribution in [0.25, 0.3) is 0 Å². The molecule has 0 unspecified atom stereocenters. The van der Waals surface area contributed by atoms with E-state index in [0.717, 1.165) is 5.56 Å². The van der Waals surface area contributed by atoms with Gasteiger partial charge in [0, 0.05) is 24.9 Å². The van der Waals surface area contributed by atoms with Crippen LogP contribution in [0.3, 0.4) is 0 Å². The predicted octanol–water partition coefficient (Wildman–Crippen LogP) is 3.01. The summed E-state index contributed by atoms with van der Waals surface area (Å²) in [5.41, 5.74) is 0.582. The summed E-state index contributed by atoms with van der Waals surface area (Å²) in [6.07, 6.45) is 1.15. The average molecular weight is 294 g/mol. The van der Waals surface area contributed by atoms with E-state index in [4.69, 9.17) is 0 Å². The maximum absolute atomic E-state index is 13.5. The molecule has 0 spiro atoms. The third-order valence-corrected chi connectivity index (χ3v) is 3.10. The minimum absolute atomic E-state index is 0.195. The van der Waals surface area contributed by atoms with E-state index in [1.807, 2.05) is 0 Å². The number of likely N-dealkylation sites (N-methyl/N-ethyl adjacent to an activating group) is 1. The molecular formula is C15H13F3N2O. The molecule has 0 aliphatic carbocycles. The molecule has 2 aromatic rings. The number of carbonyl (C=O) groups is 1. The Balaban J connectivity index is 2.22. The van der Waals surface area contributed by atoms with Gasteiger partial charge in [0.25, 0.3) is 0 Å². The molecular weight excluding hydrogens is 281 g/mol. The maximum atomic E-state index is 13.5. The topological polar surface area (TPSA) is 33.2 Å². The Morgan fingerprint density at radius 3 is 2.52 bits per heavy atom. The van der Waals surface area contributed by atoms with Crippen LogP contribution in [0.4, 0.5) is 19.0 Å². The van der Waals surface area contributed by atoms with Crippen LogP contribution in [-0.4, -0.2) is 17.9 Å². The van der Waals surface area contributed by atoms with E-state index in [0.29, 0.717) is 18.0 Å². The number of anilines is 1. The van der Waals surface area contributed by atoms with Crippen molar-refractivity contribution in [3.8, 4) is 0 Å². The summed E-state index contributed by atoms with van der Waals surface area (Å²) in [5.74, 6) is -3.45. The Morgan fingerprint density at radius 1 is 1.19 bits per heavy atom. The highest BCUT2D eigenvalue weighted by Gasteiger charge is 2.18. The fraction of sp³-hybridized carbons (Fsp3) is 0.200. The second-order valence-electron chi connectivity index (χ2n) is 4.63. The quantitative estimate of drug-likeness (QED) is 0.815. The van der Waals surface area contributed by atoms with Crippen LogP contribution in [0.1, 0.15) is 11.1 Å². The molecule has 0 saturated carbocycles. The summed E-state index contributed by atoms with van der Waals surface area (Å²) in [7, 11) is 1.50. The molecule has 0 fully saturated rings. The van der Waals surface area contributed by atoms with E-state index < -0.39 is 23.4 Å². The number of rotatable bonds is 3. The first-order valence-corrected chi connectivity index (χ1v) is 6.21. The van der Waals surface area contributed by atoms with Gasteiger partial charge in [0.1, 0.15) is 11.6 Å². The minimum atomic E-state index is -1.28. The Bertz CT molecular complexity index is 689. The molecule has 0 saturated heterocycles. The number of hydrogen-bond donors (Lipinski definition) is 0. The molecule has 0 aliphatic heterocycles. The summed E-state index contributed by atoms with van der Waals surface area (Å²) in [6, 6.07) is 4.64. The summed E-state index contributed by atoms with van der Waals surface area (Å²) in [4.78, 5) is 17.4. The van der Waals surface area contributed by atoms with Crippen molar-refractivity contribution in [1.29, 1.82) is 0 Å². The molecule has 0 aliphatic rings. The SMILES string of the molecule is Cc1cccnc1N(C)C(=O)Cc1cc(F)c(F)cc1F. The first kappa shape index (κ1) is 15.0. The van der Waals surface area contributed by atoms with Gasteiger partial charge in [0.05, 0.1) is 6.42 Å². The standard InChI is InChI=1S/C15H13F3N2O/c1-9-4-3-5-19-15(9)20(2)14(21)7-10-6-12(17)13(18)8-11(10)16/h3-6,8H,7H2,1-2H3. The van der Waals surface area contributed by atoms with Gasteiger partial charge >= 0.3 is 0 Å². The van der Waals surface area contributed by atoms with Crippen LogP contribution < -0.4 is 4.90 Å². The van der Waals surface area contributed by atoms with Gasteiger partial charge in [0.2, 0.25) is 5.91 Å². The first-order chi connectivity index (χ1) is 9.90. The van der Waals surface area contributed by atoms with Gasteiger partial charge in [-0.25, -0.2) is 18.2 Å². The molecule has 0 N–H and O–H groups in total. The van der Waals surface area contributed by atoms with Crippen LogP contribution in [0.2, 0.25) is 0 Å². The minimum Gasteiger partial charge on any atom is -0.299 e. The van der Waals surface area contributed by atoms with Crippen LogP contribution >= 0.6 is 0 Å². The average Bonchev–Trinajstić information content (AvgIpc) is 2.44. The summed E-state index contributed by atoms with van der Waals surface area (Å²) >= 11 is 0. The lowest BCUT2D eigenvalue weighted by Gasteiger charge is -2.18. The fourth-order valence-electron chi connectivity index (χ4n) is 1.93. The Labute approximate surface area is 120 Å². The fourth-order valence-corrected chi connectivity index (χ4v) is 1.93. The second-order valence-corrected chi connectivity index (χ2v) is 4.63. The summed E-state index contributed by atoms with van der Waals surface area (Å²) < 4.78 is 39.5. The summed E-state index contributed by atoms with van der Waals surface area (Å²) in [6.45, 7) is 1.78. The predicted molar refractivity (Wildman–Crippen MR) is 72.4 cm³/mol. The molecule has 0 radical (unpaired) electrons. The number of hydrogen-bond acceptors (Lipinski definition) is 2. The molecule has 2 rings (SSSR count). The van der Waals surface area contributed by atoms with E-state index in [-0.39, 0.29) is 12.0 Å². The van der Waals surface area contributed by atoms with Crippen LogP contribution in [0, 0.1) is 24.4 Å². The number of amides is 1. The normalized spacial score (nSPS) is 10.5. The van der Waals surface area contributed by atoms with Crippen molar-refractivity contribution in [3.05, 3.63) is 59.0 Å².